The Balaban J connectivity index is 1.22. The number of hydrogen-bond acceptors (Lipinski definition) is 5. The molecule has 3 heterocycles. The van der Waals surface area contributed by atoms with E-state index in [1.807, 2.05) is 53.1 Å². The second kappa shape index (κ2) is 9.17. The first-order valence-corrected chi connectivity index (χ1v) is 12.7. The fourth-order valence-electron chi connectivity index (χ4n) is 4.18. The van der Waals surface area contributed by atoms with Crippen molar-refractivity contribution in [3.63, 3.8) is 0 Å². The Kier molecular flexibility index (Phi) is 6.07. The van der Waals surface area contributed by atoms with Crippen molar-refractivity contribution in [1.82, 2.24) is 18.8 Å². The Hall–Kier alpha value is -3.27. The van der Waals surface area contributed by atoms with Crippen molar-refractivity contribution in [2.24, 2.45) is 5.92 Å². The van der Waals surface area contributed by atoms with Crippen molar-refractivity contribution in [3.8, 4) is 5.69 Å². The van der Waals surface area contributed by atoms with Crippen LogP contribution in [0.25, 0.3) is 16.7 Å². The molecule has 5 rings (SSSR count). The molecule has 2 aromatic carbocycles. The van der Waals surface area contributed by atoms with E-state index in [1.165, 1.54) is 16.6 Å². The molecule has 1 aliphatic heterocycles. The van der Waals surface area contributed by atoms with Crippen molar-refractivity contribution in [3.05, 3.63) is 78.3 Å². The van der Waals surface area contributed by atoms with Crippen LogP contribution in [0.1, 0.15) is 12.8 Å². The zero-order chi connectivity index (χ0) is 23.7. The number of sulfonamides is 1. The highest BCUT2D eigenvalue weighted by atomic mass is 35.5. The van der Waals surface area contributed by atoms with E-state index >= 15 is 0 Å². The number of aromatic nitrogens is 3. The zero-order valence-electron chi connectivity index (χ0n) is 18.1. The molecule has 1 amide bonds. The maximum atomic E-state index is 12.9. The number of fused-ring (bicyclic) bond motifs is 1. The van der Waals surface area contributed by atoms with Gasteiger partial charge < -0.3 is 5.32 Å². The molecule has 0 spiro atoms. The number of benzene rings is 2. The molecular formula is C24H22ClN5O3S. The molecule has 2 aromatic heterocycles. The van der Waals surface area contributed by atoms with Crippen LogP contribution in [0.3, 0.4) is 0 Å². The van der Waals surface area contributed by atoms with Crippen molar-refractivity contribution in [1.29, 1.82) is 0 Å². The lowest BCUT2D eigenvalue weighted by atomic mass is 9.97. The van der Waals surface area contributed by atoms with Gasteiger partial charge in [-0.25, -0.2) is 18.4 Å². The van der Waals surface area contributed by atoms with Crippen LogP contribution in [0.15, 0.2) is 78.1 Å². The van der Waals surface area contributed by atoms with Gasteiger partial charge in [-0.1, -0.05) is 23.7 Å². The fourth-order valence-corrected chi connectivity index (χ4v) is 6.07. The van der Waals surface area contributed by atoms with Gasteiger partial charge in [0.05, 0.1) is 11.0 Å². The second-order valence-corrected chi connectivity index (χ2v) is 10.4. The van der Waals surface area contributed by atoms with Crippen LogP contribution in [0.4, 0.5) is 5.69 Å². The third kappa shape index (κ3) is 4.29. The summed E-state index contributed by atoms with van der Waals surface area (Å²) in [5.74, 6) is -0.384. The number of pyridine rings is 1. The molecule has 0 saturated carbocycles. The Labute approximate surface area is 202 Å². The highest BCUT2D eigenvalue weighted by Crippen LogP contribution is 2.28. The zero-order valence-corrected chi connectivity index (χ0v) is 19.7. The summed E-state index contributed by atoms with van der Waals surface area (Å²) in [4.78, 5) is 21.1. The number of para-hydroxylation sites is 2. The first-order chi connectivity index (χ1) is 16.4. The van der Waals surface area contributed by atoms with E-state index in [4.69, 9.17) is 11.6 Å². The molecule has 1 N–H and O–H groups in total. The van der Waals surface area contributed by atoms with E-state index in [2.05, 4.69) is 15.3 Å². The monoisotopic (exact) mass is 495 g/mol. The van der Waals surface area contributed by atoms with Crippen LogP contribution in [0, 0.1) is 5.92 Å². The maximum absolute atomic E-state index is 12.9. The molecule has 4 aromatic rings. The normalized spacial score (nSPS) is 15.4. The third-order valence-corrected chi connectivity index (χ3v) is 8.38. The summed E-state index contributed by atoms with van der Waals surface area (Å²) in [5, 5.41) is 2.91. The van der Waals surface area contributed by atoms with E-state index in [9.17, 15) is 13.2 Å². The number of hydrogen-bond donors (Lipinski definition) is 1. The lowest BCUT2D eigenvalue weighted by Crippen LogP contribution is -2.41. The lowest BCUT2D eigenvalue weighted by Gasteiger charge is -2.30. The lowest BCUT2D eigenvalue weighted by molar-refractivity contribution is -0.120. The molecule has 1 fully saturated rings. The molecule has 0 radical (unpaired) electrons. The van der Waals surface area contributed by atoms with Crippen molar-refractivity contribution >= 4 is 44.3 Å². The minimum atomic E-state index is -3.74. The SMILES string of the molecule is O=C(Nc1ccc(-n2cnc3ccccc32)cc1)C1CCN(S(=O)(=O)c2cccnc2Cl)CC1. The number of imidazole rings is 1. The summed E-state index contributed by atoms with van der Waals surface area (Å²) in [6.45, 7) is 0.497. The van der Waals surface area contributed by atoms with Gasteiger partial charge in [0.15, 0.2) is 0 Å². The molecule has 0 aliphatic carbocycles. The number of anilines is 1. The maximum Gasteiger partial charge on any atom is 0.246 e. The summed E-state index contributed by atoms with van der Waals surface area (Å²) in [7, 11) is -3.74. The van der Waals surface area contributed by atoms with Crippen LogP contribution in [0.2, 0.25) is 5.15 Å². The summed E-state index contributed by atoms with van der Waals surface area (Å²) < 4.78 is 29.1. The fraction of sp³-hybridized carbons (Fsp3) is 0.208. The van der Waals surface area contributed by atoms with Crippen molar-refractivity contribution < 1.29 is 13.2 Å². The number of carbonyl (C=O) groups is 1. The number of rotatable bonds is 5. The average Bonchev–Trinajstić information content (AvgIpc) is 3.29. The van der Waals surface area contributed by atoms with E-state index < -0.39 is 10.0 Å². The average molecular weight is 496 g/mol. The van der Waals surface area contributed by atoms with E-state index in [0.717, 1.165) is 16.7 Å². The molecular weight excluding hydrogens is 474 g/mol. The van der Waals surface area contributed by atoms with Gasteiger partial charge >= 0.3 is 0 Å². The predicted octanol–water partition coefficient (Wildman–Crippen LogP) is 4.11. The van der Waals surface area contributed by atoms with E-state index in [-0.39, 0.29) is 35.0 Å². The van der Waals surface area contributed by atoms with Gasteiger partial charge in [-0.15, -0.1) is 0 Å². The van der Waals surface area contributed by atoms with E-state index in [0.29, 0.717) is 18.5 Å². The van der Waals surface area contributed by atoms with Gasteiger partial charge in [-0.2, -0.15) is 4.31 Å². The molecule has 1 aliphatic rings. The van der Waals surface area contributed by atoms with Crippen LogP contribution in [-0.2, 0) is 14.8 Å². The molecule has 0 unspecified atom stereocenters. The second-order valence-electron chi connectivity index (χ2n) is 8.11. The van der Waals surface area contributed by atoms with Gasteiger partial charge in [-0.05, 0) is 61.4 Å². The van der Waals surface area contributed by atoms with Gasteiger partial charge in [0.2, 0.25) is 15.9 Å². The van der Waals surface area contributed by atoms with E-state index in [1.54, 1.807) is 12.4 Å². The number of nitrogens with zero attached hydrogens (tertiary/aromatic N) is 4. The highest BCUT2D eigenvalue weighted by Gasteiger charge is 2.33. The van der Waals surface area contributed by atoms with Crippen LogP contribution >= 0.6 is 11.6 Å². The third-order valence-electron chi connectivity index (χ3n) is 6.03. The Morgan fingerprint density at radius 2 is 1.71 bits per heavy atom. The Morgan fingerprint density at radius 1 is 0.971 bits per heavy atom. The first kappa shape index (κ1) is 22.5. The standard InChI is InChI=1S/C24H22ClN5O3S/c25-23-22(6-3-13-26-23)34(32,33)29-14-11-17(12-15-29)24(31)28-18-7-9-19(10-8-18)30-16-27-20-4-1-2-5-21(20)30/h1-10,13,16-17H,11-12,14-15H2,(H,28,31). The molecule has 0 atom stereocenters. The van der Waals surface area contributed by atoms with Gasteiger partial charge in [0.25, 0.3) is 0 Å². The number of piperidine rings is 1. The molecule has 8 nitrogen and oxygen atoms in total. The largest absolute Gasteiger partial charge is 0.326 e. The van der Waals surface area contributed by atoms with Crippen LogP contribution in [-0.4, -0.2) is 46.3 Å². The number of nitrogens with one attached hydrogen (secondary N) is 1. The molecule has 10 heteroatoms. The smallest absolute Gasteiger partial charge is 0.246 e. The van der Waals surface area contributed by atoms with Crippen LogP contribution in [0.5, 0.6) is 0 Å². The summed E-state index contributed by atoms with van der Waals surface area (Å²) >= 11 is 5.98. The van der Waals surface area contributed by atoms with Gasteiger partial charge in [0, 0.05) is 36.6 Å². The van der Waals surface area contributed by atoms with Crippen molar-refractivity contribution in [2.75, 3.05) is 18.4 Å². The van der Waals surface area contributed by atoms with Crippen molar-refractivity contribution in [2.45, 2.75) is 17.7 Å². The van der Waals surface area contributed by atoms with Crippen LogP contribution < -0.4 is 5.32 Å². The molecule has 0 bridgehead atoms. The van der Waals surface area contributed by atoms with Gasteiger partial charge in [-0.3, -0.25) is 9.36 Å². The number of halogens is 1. The quantitative estimate of drug-likeness (QED) is 0.420. The molecule has 34 heavy (non-hydrogen) atoms. The minimum Gasteiger partial charge on any atom is -0.326 e. The Morgan fingerprint density at radius 3 is 2.44 bits per heavy atom. The number of carbonyl (C=O) groups excluding carboxylic acids is 1. The molecule has 174 valence electrons. The van der Waals surface area contributed by atoms with Gasteiger partial charge in [0.1, 0.15) is 16.4 Å². The summed E-state index contributed by atoms with van der Waals surface area (Å²) in [6, 6.07) is 18.4. The number of amides is 1. The topological polar surface area (TPSA) is 97.2 Å². The summed E-state index contributed by atoms with van der Waals surface area (Å²) in [6.07, 6.45) is 4.09. The molecule has 1 saturated heterocycles. The summed E-state index contributed by atoms with van der Waals surface area (Å²) in [5.41, 5.74) is 3.56. The predicted molar refractivity (Wildman–Crippen MR) is 130 cm³/mol. The Bertz CT molecular complexity index is 1450. The minimum absolute atomic E-state index is 0.00895. The first-order valence-electron chi connectivity index (χ1n) is 10.9. The highest BCUT2D eigenvalue weighted by molar-refractivity contribution is 7.89.